The lowest BCUT2D eigenvalue weighted by Crippen LogP contribution is -2.06. The van der Waals surface area contributed by atoms with E-state index in [4.69, 9.17) is 0 Å². The van der Waals surface area contributed by atoms with E-state index in [1.54, 1.807) is 6.07 Å². The van der Waals surface area contributed by atoms with Gasteiger partial charge < -0.3 is 10.1 Å². The van der Waals surface area contributed by atoms with Gasteiger partial charge in [-0.3, -0.25) is 0 Å². The van der Waals surface area contributed by atoms with Gasteiger partial charge >= 0.3 is 5.97 Å². The highest BCUT2D eigenvalue weighted by molar-refractivity contribution is 5.88. The first-order chi connectivity index (χ1) is 6.72. The maximum absolute atomic E-state index is 11.3. The zero-order valence-corrected chi connectivity index (χ0v) is 8.26. The van der Waals surface area contributed by atoms with Gasteiger partial charge in [-0.05, 0) is 25.0 Å². The number of nitrogens with one attached hydrogen (secondary N) is 1. The van der Waals surface area contributed by atoms with Crippen molar-refractivity contribution in [1.29, 1.82) is 0 Å². The molecular formula is C10H12N2O2. The van der Waals surface area contributed by atoms with Crippen molar-refractivity contribution in [2.45, 2.75) is 13.3 Å². The van der Waals surface area contributed by atoms with E-state index in [9.17, 15) is 4.79 Å². The van der Waals surface area contributed by atoms with Crippen molar-refractivity contribution in [1.82, 2.24) is 4.98 Å². The number of methoxy groups -OCH3 is 1. The number of ether oxygens (including phenoxy) is 1. The zero-order valence-electron chi connectivity index (χ0n) is 8.26. The van der Waals surface area contributed by atoms with Crippen molar-refractivity contribution in [2.75, 3.05) is 19.0 Å². The summed E-state index contributed by atoms with van der Waals surface area (Å²) < 4.78 is 4.62. The first-order valence-corrected chi connectivity index (χ1v) is 4.55. The summed E-state index contributed by atoms with van der Waals surface area (Å²) in [4.78, 5) is 15.5. The van der Waals surface area contributed by atoms with Crippen LogP contribution in [0.2, 0.25) is 0 Å². The Morgan fingerprint density at radius 2 is 2.43 bits per heavy atom. The summed E-state index contributed by atoms with van der Waals surface area (Å²) in [5.41, 5.74) is 3.50. The summed E-state index contributed by atoms with van der Waals surface area (Å²) in [5.74, 6) is -0.385. The molecule has 0 spiro atoms. The molecule has 0 amide bonds. The van der Waals surface area contributed by atoms with E-state index in [1.165, 1.54) is 12.7 Å². The Hall–Kier alpha value is -1.58. The Morgan fingerprint density at radius 3 is 3.14 bits per heavy atom. The molecule has 0 atom stereocenters. The number of hydrogen-bond acceptors (Lipinski definition) is 4. The molecule has 0 bridgehead atoms. The van der Waals surface area contributed by atoms with E-state index in [1.807, 2.05) is 6.92 Å². The van der Waals surface area contributed by atoms with Crippen LogP contribution in [0.1, 0.15) is 21.7 Å². The molecule has 74 valence electrons. The average molecular weight is 192 g/mol. The van der Waals surface area contributed by atoms with Gasteiger partial charge in [-0.25, -0.2) is 9.78 Å². The fraction of sp³-hybridized carbons (Fsp3) is 0.400. The summed E-state index contributed by atoms with van der Waals surface area (Å²) in [6.07, 6.45) is 0.982. The average Bonchev–Trinajstić information content (AvgIpc) is 2.64. The second-order valence-corrected chi connectivity index (χ2v) is 3.29. The van der Waals surface area contributed by atoms with Crippen LogP contribution < -0.4 is 5.32 Å². The summed E-state index contributed by atoms with van der Waals surface area (Å²) in [6.45, 7) is 2.83. The molecule has 4 heteroatoms. The first kappa shape index (κ1) is 8.99. The lowest BCUT2D eigenvalue weighted by Gasteiger charge is -2.05. The smallest absolute Gasteiger partial charge is 0.356 e. The molecule has 4 nitrogen and oxygen atoms in total. The summed E-state index contributed by atoms with van der Waals surface area (Å²) in [6, 6.07) is 1.75. The highest BCUT2D eigenvalue weighted by atomic mass is 16.5. The summed E-state index contributed by atoms with van der Waals surface area (Å²) in [7, 11) is 1.36. The molecular weight excluding hydrogens is 180 g/mol. The molecule has 1 aliphatic heterocycles. The lowest BCUT2D eigenvalue weighted by molar-refractivity contribution is 0.0594. The number of pyridine rings is 1. The van der Waals surface area contributed by atoms with Crippen molar-refractivity contribution in [3.63, 3.8) is 0 Å². The van der Waals surface area contributed by atoms with E-state index in [-0.39, 0.29) is 5.97 Å². The second-order valence-electron chi connectivity index (χ2n) is 3.29. The number of aromatic nitrogens is 1. The van der Waals surface area contributed by atoms with Crippen molar-refractivity contribution in [3.05, 3.63) is 23.0 Å². The number of rotatable bonds is 1. The van der Waals surface area contributed by atoms with Gasteiger partial charge in [0.2, 0.25) is 0 Å². The molecule has 0 aliphatic carbocycles. The predicted molar refractivity (Wildman–Crippen MR) is 52.5 cm³/mol. The maximum Gasteiger partial charge on any atom is 0.356 e. The number of nitrogens with zero attached hydrogens (tertiary/aromatic N) is 1. The highest BCUT2D eigenvalue weighted by Crippen LogP contribution is 2.25. The van der Waals surface area contributed by atoms with Crippen LogP contribution in [-0.2, 0) is 11.2 Å². The Kier molecular flexibility index (Phi) is 2.11. The molecule has 14 heavy (non-hydrogen) atoms. The van der Waals surface area contributed by atoms with E-state index in [2.05, 4.69) is 15.0 Å². The monoisotopic (exact) mass is 192 g/mol. The number of aryl methyl sites for hydroxylation is 1. The van der Waals surface area contributed by atoms with Crippen molar-refractivity contribution >= 4 is 11.7 Å². The Morgan fingerprint density at radius 1 is 1.64 bits per heavy atom. The minimum atomic E-state index is -0.385. The number of esters is 1. The molecule has 0 radical (unpaired) electrons. The molecule has 0 saturated carbocycles. The zero-order chi connectivity index (χ0) is 10.1. The lowest BCUT2D eigenvalue weighted by atomic mass is 10.1. The highest BCUT2D eigenvalue weighted by Gasteiger charge is 2.17. The number of anilines is 1. The standard InChI is InChI=1S/C10H12N2O2/c1-6-7-3-4-11-8(7)5-9(12-6)10(13)14-2/h5,11H,3-4H2,1-2H3. The minimum absolute atomic E-state index is 0.373. The molecule has 1 aromatic heterocycles. The van der Waals surface area contributed by atoms with Gasteiger partial charge in [0, 0.05) is 17.9 Å². The Bertz CT molecular complexity index is 388. The second kappa shape index (κ2) is 3.29. The van der Waals surface area contributed by atoms with Gasteiger partial charge in [-0.1, -0.05) is 0 Å². The van der Waals surface area contributed by atoms with Crippen LogP contribution in [0.15, 0.2) is 6.07 Å². The van der Waals surface area contributed by atoms with Crippen LogP contribution in [0, 0.1) is 6.92 Å². The third-order valence-electron chi connectivity index (χ3n) is 2.42. The summed E-state index contributed by atoms with van der Waals surface area (Å²) >= 11 is 0. The molecule has 2 heterocycles. The number of carbonyl (C=O) groups excluding carboxylic acids is 1. The van der Waals surface area contributed by atoms with Crippen molar-refractivity contribution in [2.24, 2.45) is 0 Å². The number of fused-ring (bicyclic) bond motifs is 1. The van der Waals surface area contributed by atoms with E-state index >= 15 is 0 Å². The largest absolute Gasteiger partial charge is 0.464 e. The Balaban J connectivity index is 2.46. The quantitative estimate of drug-likeness (QED) is 0.678. The topological polar surface area (TPSA) is 51.2 Å². The number of carbonyl (C=O) groups is 1. The SMILES string of the molecule is COC(=O)c1cc2c(c(C)n1)CCN2. The van der Waals surface area contributed by atoms with Crippen LogP contribution in [-0.4, -0.2) is 24.6 Å². The predicted octanol–water partition coefficient (Wildman–Crippen LogP) is 1.14. The van der Waals surface area contributed by atoms with Crippen molar-refractivity contribution in [3.8, 4) is 0 Å². The molecule has 1 N–H and O–H groups in total. The van der Waals surface area contributed by atoms with Gasteiger partial charge in [0.15, 0.2) is 5.69 Å². The summed E-state index contributed by atoms with van der Waals surface area (Å²) in [5, 5.41) is 3.21. The molecule has 1 aliphatic rings. The fourth-order valence-electron chi connectivity index (χ4n) is 1.70. The molecule has 1 aromatic rings. The van der Waals surface area contributed by atoms with Crippen LogP contribution >= 0.6 is 0 Å². The van der Waals surface area contributed by atoms with Crippen molar-refractivity contribution < 1.29 is 9.53 Å². The normalized spacial score (nSPS) is 13.3. The van der Waals surface area contributed by atoms with E-state index in [0.717, 1.165) is 24.3 Å². The van der Waals surface area contributed by atoms with Gasteiger partial charge in [0.1, 0.15) is 0 Å². The van der Waals surface area contributed by atoms with Gasteiger partial charge in [0.05, 0.1) is 7.11 Å². The van der Waals surface area contributed by atoms with Crippen LogP contribution in [0.4, 0.5) is 5.69 Å². The van der Waals surface area contributed by atoms with E-state index in [0.29, 0.717) is 5.69 Å². The van der Waals surface area contributed by atoms with Crippen LogP contribution in [0.3, 0.4) is 0 Å². The van der Waals surface area contributed by atoms with Crippen LogP contribution in [0.5, 0.6) is 0 Å². The minimum Gasteiger partial charge on any atom is -0.464 e. The van der Waals surface area contributed by atoms with E-state index < -0.39 is 0 Å². The third-order valence-corrected chi connectivity index (χ3v) is 2.42. The third kappa shape index (κ3) is 1.32. The van der Waals surface area contributed by atoms with Gasteiger partial charge in [0.25, 0.3) is 0 Å². The molecule has 2 rings (SSSR count). The Labute approximate surface area is 82.3 Å². The molecule has 0 aromatic carbocycles. The first-order valence-electron chi connectivity index (χ1n) is 4.55. The fourth-order valence-corrected chi connectivity index (χ4v) is 1.70. The van der Waals surface area contributed by atoms with Crippen LogP contribution in [0.25, 0.3) is 0 Å². The molecule has 0 saturated heterocycles. The number of hydrogen-bond donors (Lipinski definition) is 1. The molecule has 0 unspecified atom stereocenters. The van der Waals surface area contributed by atoms with Gasteiger partial charge in [-0.15, -0.1) is 0 Å². The maximum atomic E-state index is 11.3. The molecule has 0 fully saturated rings. The van der Waals surface area contributed by atoms with Gasteiger partial charge in [-0.2, -0.15) is 0 Å².